The molecule has 0 aliphatic heterocycles. The molecule has 0 spiro atoms. The van der Waals surface area contributed by atoms with Crippen molar-refractivity contribution >= 4 is 21.9 Å². The Bertz CT molecular complexity index is 644. The van der Waals surface area contributed by atoms with E-state index >= 15 is 0 Å². The van der Waals surface area contributed by atoms with Crippen molar-refractivity contribution in [2.75, 3.05) is 0 Å². The van der Waals surface area contributed by atoms with Crippen molar-refractivity contribution in [1.82, 2.24) is 0 Å². The van der Waals surface area contributed by atoms with Crippen molar-refractivity contribution in [3.8, 4) is 0 Å². The van der Waals surface area contributed by atoms with Gasteiger partial charge < -0.3 is 5.11 Å². The molecule has 104 valence electrons. The number of halogens is 3. The lowest BCUT2D eigenvalue weighted by atomic mass is 9.92. The molecule has 0 radical (unpaired) electrons. The molecule has 0 fully saturated rings. The second-order valence-electron chi connectivity index (χ2n) is 4.39. The fourth-order valence-electron chi connectivity index (χ4n) is 1.99. The molecular weight excluding hydrogens is 330 g/mol. The molecule has 1 N–H and O–H groups in total. The van der Waals surface area contributed by atoms with Gasteiger partial charge in [-0.1, -0.05) is 28.1 Å². The zero-order chi connectivity index (χ0) is 14.7. The third kappa shape index (κ3) is 3.42. The highest BCUT2D eigenvalue weighted by Gasteiger charge is 2.22. The number of hydrogen-bond donors (Lipinski definition) is 1. The minimum absolute atomic E-state index is 0.0805. The van der Waals surface area contributed by atoms with Crippen LogP contribution >= 0.6 is 15.9 Å². The number of carbonyl (C=O) groups is 1. The first-order valence-corrected chi connectivity index (χ1v) is 6.69. The van der Waals surface area contributed by atoms with Crippen molar-refractivity contribution in [1.29, 1.82) is 0 Å². The van der Waals surface area contributed by atoms with E-state index in [0.29, 0.717) is 15.6 Å². The molecule has 0 aromatic heterocycles. The fraction of sp³-hybridized carbons (Fsp3) is 0.133. The van der Waals surface area contributed by atoms with Gasteiger partial charge in [0.2, 0.25) is 0 Å². The van der Waals surface area contributed by atoms with E-state index in [1.165, 1.54) is 36.4 Å². The summed E-state index contributed by atoms with van der Waals surface area (Å²) in [5, 5.41) is 9.31. The Morgan fingerprint density at radius 3 is 2.50 bits per heavy atom. The van der Waals surface area contributed by atoms with Crippen LogP contribution in [0.3, 0.4) is 0 Å². The summed E-state index contributed by atoms with van der Waals surface area (Å²) in [7, 11) is 0. The van der Waals surface area contributed by atoms with Crippen LogP contribution in [0.4, 0.5) is 8.78 Å². The number of rotatable bonds is 4. The van der Waals surface area contributed by atoms with Gasteiger partial charge in [0.25, 0.3) is 0 Å². The molecule has 1 unspecified atom stereocenters. The van der Waals surface area contributed by atoms with Gasteiger partial charge >= 0.3 is 5.97 Å². The number of hydrogen-bond acceptors (Lipinski definition) is 1. The summed E-state index contributed by atoms with van der Waals surface area (Å²) in [5.74, 6) is -2.94. The first-order chi connectivity index (χ1) is 9.47. The van der Waals surface area contributed by atoms with Gasteiger partial charge in [0, 0.05) is 4.47 Å². The van der Waals surface area contributed by atoms with Crippen molar-refractivity contribution in [3.05, 3.63) is 69.7 Å². The number of carboxylic acids is 1. The van der Waals surface area contributed by atoms with E-state index in [2.05, 4.69) is 15.9 Å². The largest absolute Gasteiger partial charge is 0.481 e. The molecular formula is C15H11BrF2O2. The van der Waals surface area contributed by atoms with Crippen LogP contribution < -0.4 is 0 Å². The molecule has 1 atom stereocenters. The zero-order valence-corrected chi connectivity index (χ0v) is 11.9. The number of aliphatic carboxylic acids is 1. The lowest BCUT2D eigenvalue weighted by Gasteiger charge is -2.14. The molecule has 20 heavy (non-hydrogen) atoms. The summed E-state index contributed by atoms with van der Waals surface area (Å²) >= 11 is 3.26. The van der Waals surface area contributed by atoms with Gasteiger partial charge in [0.1, 0.15) is 11.6 Å². The second kappa shape index (κ2) is 6.13. The van der Waals surface area contributed by atoms with Crippen LogP contribution in [0.1, 0.15) is 17.0 Å². The molecule has 0 amide bonds. The zero-order valence-electron chi connectivity index (χ0n) is 10.3. The normalized spacial score (nSPS) is 12.2. The lowest BCUT2D eigenvalue weighted by Crippen LogP contribution is -2.15. The van der Waals surface area contributed by atoms with Gasteiger partial charge in [-0.2, -0.15) is 0 Å². The average molecular weight is 341 g/mol. The standard InChI is InChI=1S/C15H11BrF2O2/c16-14-5-4-12(18)7-10(14)8-13(15(19)20)9-2-1-3-11(17)6-9/h1-7,13H,8H2,(H,19,20). The van der Waals surface area contributed by atoms with Crippen molar-refractivity contribution < 1.29 is 18.7 Å². The quantitative estimate of drug-likeness (QED) is 0.908. The minimum Gasteiger partial charge on any atom is -0.481 e. The maximum absolute atomic E-state index is 13.2. The Hall–Kier alpha value is -1.75. The molecule has 0 aliphatic carbocycles. The Balaban J connectivity index is 2.35. The summed E-state index contributed by atoms with van der Waals surface area (Å²) in [6.07, 6.45) is 0.0805. The second-order valence-corrected chi connectivity index (χ2v) is 5.24. The molecule has 2 aromatic carbocycles. The van der Waals surface area contributed by atoms with E-state index in [-0.39, 0.29) is 6.42 Å². The van der Waals surface area contributed by atoms with Gasteiger partial charge in [-0.25, -0.2) is 8.78 Å². The highest BCUT2D eigenvalue weighted by atomic mass is 79.9. The van der Waals surface area contributed by atoms with E-state index in [1.54, 1.807) is 6.07 Å². The van der Waals surface area contributed by atoms with Crippen LogP contribution in [0.5, 0.6) is 0 Å². The van der Waals surface area contributed by atoms with Crippen LogP contribution in [-0.4, -0.2) is 11.1 Å². The van der Waals surface area contributed by atoms with E-state index in [9.17, 15) is 18.7 Å². The average Bonchev–Trinajstić information content (AvgIpc) is 2.39. The van der Waals surface area contributed by atoms with E-state index < -0.39 is 23.5 Å². The van der Waals surface area contributed by atoms with Crippen molar-refractivity contribution in [2.24, 2.45) is 0 Å². The van der Waals surface area contributed by atoms with Crippen LogP contribution in [0, 0.1) is 11.6 Å². The molecule has 0 aliphatic rings. The summed E-state index contributed by atoms with van der Waals surface area (Å²) in [6.45, 7) is 0. The predicted octanol–water partition coefficient (Wildman–Crippen LogP) is 4.14. The lowest BCUT2D eigenvalue weighted by molar-refractivity contribution is -0.138. The summed E-state index contributed by atoms with van der Waals surface area (Å²) in [6, 6.07) is 9.53. The molecule has 0 bridgehead atoms. The van der Waals surface area contributed by atoms with Gasteiger partial charge in [-0.15, -0.1) is 0 Å². The maximum atomic E-state index is 13.2. The van der Waals surface area contributed by atoms with Crippen LogP contribution in [-0.2, 0) is 11.2 Å². The Kier molecular flexibility index (Phi) is 4.49. The predicted molar refractivity (Wildman–Crippen MR) is 74.6 cm³/mol. The summed E-state index contributed by atoms with van der Waals surface area (Å²) in [5.41, 5.74) is 0.885. The van der Waals surface area contributed by atoms with Gasteiger partial charge in [0.15, 0.2) is 0 Å². The molecule has 2 aromatic rings. The Morgan fingerprint density at radius 1 is 1.15 bits per heavy atom. The fourth-order valence-corrected chi connectivity index (χ4v) is 2.40. The minimum atomic E-state index is -1.08. The topological polar surface area (TPSA) is 37.3 Å². The highest BCUT2D eigenvalue weighted by molar-refractivity contribution is 9.10. The number of benzene rings is 2. The maximum Gasteiger partial charge on any atom is 0.311 e. The third-order valence-corrected chi connectivity index (χ3v) is 3.75. The third-order valence-electron chi connectivity index (χ3n) is 2.98. The summed E-state index contributed by atoms with van der Waals surface area (Å²) in [4.78, 5) is 11.4. The Morgan fingerprint density at radius 2 is 1.85 bits per heavy atom. The number of carboxylic acid groups (broad SMARTS) is 1. The van der Waals surface area contributed by atoms with Crippen molar-refractivity contribution in [3.63, 3.8) is 0 Å². The molecule has 0 saturated carbocycles. The van der Waals surface area contributed by atoms with E-state index in [1.807, 2.05) is 0 Å². The van der Waals surface area contributed by atoms with E-state index in [0.717, 1.165) is 0 Å². The monoisotopic (exact) mass is 340 g/mol. The first kappa shape index (κ1) is 14.7. The van der Waals surface area contributed by atoms with Crippen LogP contribution in [0.2, 0.25) is 0 Å². The SMILES string of the molecule is O=C(O)C(Cc1cc(F)ccc1Br)c1cccc(F)c1. The van der Waals surface area contributed by atoms with Crippen LogP contribution in [0.15, 0.2) is 46.9 Å². The molecule has 2 nitrogen and oxygen atoms in total. The first-order valence-electron chi connectivity index (χ1n) is 5.89. The summed E-state index contributed by atoms with van der Waals surface area (Å²) < 4.78 is 27.1. The molecule has 2 rings (SSSR count). The highest BCUT2D eigenvalue weighted by Crippen LogP contribution is 2.27. The smallest absolute Gasteiger partial charge is 0.311 e. The van der Waals surface area contributed by atoms with Gasteiger partial charge in [-0.05, 0) is 47.9 Å². The van der Waals surface area contributed by atoms with Gasteiger partial charge in [0.05, 0.1) is 5.92 Å². The van der Waals surface area contributed by atoms with Gasteiger partial charge in [-0.3, -0.25) is 4.79 Å². The van der Waals surface area contributed by atoms with Crippen LogP contribution in [0.25, 0.3) is 0 Å². The van der Waals surface area contributed by atoms with E-state index in [4.69, 9.17) is 0 Å². The molecule has 0 saturated heterocycles. The Labute approximate surface area is 123 Å². The van der Waals surface area contributed by atoms with Crippen molar-refractivity contribution in [2.45, 2.75) is 12.3 Å². The molecule has 5 heteroatoms. The molecule has 0 heterocycles.